The van der Waals surface area contributed by atoms with E-state index in [1.54, 1.807) is 12.1 Å². The third-order valence-electron chi connectivity index (χ3n) is 4.15. The Morgan fingerprint density at radius 3 is 2.33 bits per heavy atom. The minimum Gasteiger partial charge on any atom is -0.459 e. The molecule has 1 unspecified atom stereocenters. The Labute approximate surface area is 140 Å². The van der Waals surface area contributed by atoms with Crippen molar-refractivity contribution < 1.29 is 9.21 Å². The van der Waals surface area contributed by atoms with E-state index in [0.29, 0.717) is 12.3 Å². The van der Waals surface area contributed by atoms with Gasteiger partial charge in [-0.2, -0.15) is 5.10 Å². The van der Waals surface area contributed by atoms with Gasteiger partial charge in [0.15, 0.2) is 5.76 Å². The number of benzene rings is 2. The fraction of sp³-hybridized carbons (Fsp3) is 0.100. The van der Waals surface area contributed by atoms with Crippen molar-refractivity contribution >= 4 is 11.6 Å². The number of rotatable bonds is 3. The zero-order chi connectivity index (χ0) is 16.4. The van der Waals surface area contributed by atoms with Crippen molar-refractivity contribution in [3.05, 3.63) is 95.9 Å². The van der Waals surface area contributed by atoms with Crippen molar-refractivity contribution in [3.8, 4) is 0 Å². The molecule has 1 aliphatic heterocycles. The number of hydrogen-bond donors (Lipinski definition) is 0. The molecular formula is C20H16N2O2. The molecule has 1 aliphatic rings. The molecule has 0 saturated carbocycles. The highest BCUT2D eigenvalue weighted by molar-refractivity contribution is 6.08. The highest BCUT2D eigenvalue weighted by Crippen LogP contribution is 2.29. The number of hydrogen-bond acceptors (Lipinski definition) is 3. The van der Waals surface area contributed by atoms with Crippen molar-refractivity contribution in [2.45, 2.75) is 5.92 Å². The van der Waals surface area contributed by atoms with Crippen LogP contribution in [0.1, 0.15) is 27.6 Å². The first kappa shape index (κ1) is 14.5. The Morgan fingerprint density at radius 1 is 0.958 bits per heavy atom. The van der Waals surface area contributed by atoms with Crippen LogP contribution < -0.4 is 0 Å². The second kappa shape index (κ2) is 6.16. The lowest BCUT2D eigenvalue weighted by Gasteiger charge is -2.14. The highest BCUT2D eigenvalue weighted by atomic mass is 16.3. The van der Waals surface area contributed by atoms with Gasteiger partial charge in [-0.05, 0) is 23.3 Å². The van der Waals surface area contributed by atoms with Crippen LogP contribution in [0, 0.1) is 0 Å². The van der Waals surface area contributed by atoms with Crippen molar-refractivity contribution in [1.82, 2.24) is 5.01 Å². The molecule has 4 heteroatoms. The summed E-state index contributed by atoms with van der Waals surface area (Å²) in [6.07, 6.45) is 1.50. The maximum Gasteiger partial charge on any atom is 0.309 e. The number of carbonyl (C=O) groups is 1. The summed E-state index contributed by atoms with van der Waals surface area (Å²) in [5, 5.41) is 6.11. The average molecular weight is 316 g/mol. The molecule has 1 aromatic heterocycles. The number of nitrogens with zero attached hydrogens (tertiary/aromatic N) is 2. The normalized spacial score (nSPS) is 16.9. The summed E-state index contributed by atoms with van der Waals surface area (Å²) in [4.78, 5) is 12.6. The van der Waals surface area contributed by atoms with Crippen LogP contribution in [0.4, 0.5) is 0 Å². The Morgan fingerprint density at radius 2 is 1.67 bits per heavy atom. The summed E-state index contributed by atoms with van der Waals surface area (Å²) >= 11 is 0. The van der Waals surface area contributed by atoms with Crippen LogP contribution >= 0.6 is 0 Å². The molecule has 0 spiro atoms. The van der Waals surface area contributed by atoms with E-state index < -0.39 is 0 Å². The molecule has 0 radical (unpaired) electrons. The summed E-state index contributed by atoms with van der Waals surface area (Å²) < 4.78 is 5.23. The van der Waals surface area contributed by atoms with E-state index in [-0.39, 0.29) is 11.8 Å². The van der Waals surface area contributed by atoms with Gasteiger partial charge in [0.25, 0.3) is 0 Å². The van der Waals surface area contributed by atoms with Gasteiger partial charge in [-0.15, -0.1) is 0 Å². The van der Waals surface area contributed by atoms with E-state index in [2.05, 4.69) is 17.2 Å². The van der Waals surface area contributed by atoms with Gasteiger partial charge in [-0.1, -0.05) is 60.7 Å². The summed E-state index contributed by atoms with van der Waals surface area (Å²) in [6.45, 7) is 0.508. The molecule has 3 aromatic rings. The predicted octanol–water partition coefficient (Wildman–Crippen LogP) is 3.92. The van der Waals surface area contributed by atoms with E-state index in [1.165, 1.54) is 11.3 Å². The molecule has 24 heavy (non-hydrogen) atoms. The standard InChI is InChI=1S/C20H16N2O2/c23-20(18-12-7-13-24-18)22-14-17(15-8-3-1-4-9-15)19(21-22)16-10-5-2-6-11-16/h1-13,17H,14H2. The molecule has 4 nitrogen and oxygen atoms in total. The zero-order valence-electron chi connectivity index (χ0n) is 13.0. The number of carbonyl (C=O) groups excluding carboxylic acids is 1. The Kier molecular flexibility index (Phi) is 3.71. The SMILES string of the molecule is O=C(c1ccco1)N1CC(c2ccccc2)C(c2ccccc2)=N1. The topological polar surface area (TPSA) is 45.8 Å². The smallest absolute Gasteiger partial charge is 0.309 e. The Bertz CT molecular complexity index is 855. The lowest BCUT2D eigenvalue weighted by atomic mass is 9.91. The lowest BCUT2D eigenvalue weighted by Crippen LogP contribution is -2.25. The first-order chi connectivity index (χ1) is 11.8. The fourth-order valence-electron chi connectivity index (χ4n) is 2.97. The third-order valence-corrected chi connectivity index (χ3v) is 4.15. The van der Waals surface area contributed by atoms with E-state index in [0.717, 1.165) is 16.8 Å². The monoisotopic (exact) mass is 316 g/mol. The minimum atomic E-state index is -0.216. The molecular weight excluding hydrogens is 300 g/mol. The molecule has 1 atom stereocenters. The largest absolute Gasteiger partial charge is 0.459 e. The van der Waals surface area contributed by atoms with E-state index in [1.807, 2.05) is 48.5 Å². The molecule has 0 saturated heterocycles. The van der Waals surface area contributed by atoms with Crippen molar-refractivity contribution in [2.75, 3.05) is 6.54 Å². The lowest BCUT2D eigenvalue weighted by molar-refractivity contribution is 0.0742. The first-order valence-corrected chi connectivity index (χ1v) is 7.87. The second-order valence-corrected chi connectivity index (χ2v) is 5.68. The van der Waals surface area contributed by atoms with E-state index >= 15 is 0 Å². The molecule has 0 aliphatic carbocycles. The van der Waals surface area contributed by atoms with Crippen LogP contribution in [0.15, 0.2) is 88.6 Å². The summed E-state index contributed by atoms with van der Waals surface area (Å²) in [6, 6.07) is 23.5. The van der Waals surface area contributed by atoms with Gasteiger partial charge in [0, 0.05) is 5.92 Å². The molecule has 2 aromatic carbocycles. The summed E-state index contributed by atoms with van der Waals surface area (Å²) in [7, 11) is 0. The van der Waals surface area contributed by atoms with Crippen LogP contribution in [-0.4, -0.2) is 23.2 Å². The Hall–Kier alpha value is -3.14. The number of hydrazone groups is 1. The predicted molar refractivity (Wildman–Crippen MR) is 91.9 cm³/mol. The third kappa shape index (κ3) is 2.63. The van der Waals surface area contributed by atoms with Crippen LogP contribution in [0.2, 0.25) is 0 Å². The molecule has 118 valence electrons. The molecule has 0 fully saturated rings. The maximum atomic E-state index is 12.6. The zero-order valence-corrected chi connectivity index (χ0v) is 13.0. The van der Waals surface area contributed by atoms with Crippen molar-refractivity contribution in [1.29, 1.82) is 0 Å². The van der Waals surface area contributed by atoms with Gasteiger partial charge in [0.05, 0.1) is 18.5 Å². The number of amides is 1. The van der Waals surface area contributed by atoms with Gasteiger partial charge < -0.3 is 4.42 Å². The van der Waals surface area contributed by atoms with Gasteiger partial charge >= 0.3 is 5.91 Å². The van der Waals surface area contributed by atoms with Crippen LogP contribution in [0.25, 0.3) is 0 Å². The van der Waals surface area contributed by atoms with Gasteiger partial charge in [-0.25, -0.2) is 5.01 Å². The summed E-state index contributed by atoms with van der Waals surface area (Å²) in [5.41, 5.74) is 3.08. The molecule has 0 N–H and O–H groups in total. The van der Waals surface area contributed by atoms with Gasteiger partial charge in [-0.3, -0.25) is 4.79 Å². The van der Waals surface area contributed by atoms with Crippen molar-refractivity contribution in [3.63, 3.8) is 0 Å². The van der Waals surface area contributed by atoms with Crippen molar-refractivity contribution in [2.24, 2.45) is 5.10 Å². The minimum absolute atomic E-state index is 0.0486. The molecule has 2 heterocycles. The highest BCUT2D eigenvalue weighted by Gasteiger charge is 2.33. The van der Waals surface area contributed by atoms with E-state index in [9.17, 15) is 4.79 Å². The fourth-order valence-corrected chi connectivity index (χ4v) is 2.97. The summed E-state index contributed by atoms with van der Waals surface area (Å²) in [5.74, 6) is 0.138. The molecule has 4 rings (SSSR count). The number of furan rings is 1. The van der Waals surface area contributed by atoms with Gasteiger partial charge in [0.2, 0.25) is 0 Å². The van der Waals surface area contributed by atoms with Crippen LogP contribution in [-0.2, 0) is 0 Å². The average Bonchev–Trinajstić information content (AvgIpc) is 3.33. The molecule has 1 amide bonds. The van der Waals surface area contributed by atoms with Crippen LogP contribution in [0.5, 0.6) is 0 Å². The molecule has 0 bridgehead atoms. The van der Waals surface area contributed by atoms with Gasteiger partial charge in [0.1, 0.15) is 0 Å². The second-order valence-electron chi connectivity index (χ2n) is 5.68. The van der Waals surface area contributed by atoms with E-state index in [4.69, 9.17) is 4.42 Å². The maximum absolute atomic E-state index is 12.6. The Balaban J connectivity index is 1.72. The first-order valence-electron chi connectivity index (χ1n) is 7.87. The quantitative estimate of drug-likeness (QED) is 0.735. The van der Waals surface area contributed by atoms with Crippen LogP contribution in [0.3, 0.4) is 0 Å².